The fourth-order valence-electron chi connectivity index (χ4n) is 2.73. The minimum Gasteiger partial charge on any atom is -0.390 e. The molecule has 0 saturated heterocycles. The number of rotatable bonds is 8. The predicted molar refractivity (Wildman–Crippen MR) is 85.0 cm³/mol. The zero-order valence-corrected chi connectivity index (χ0v) is 14.8. The number of aliphatic hydroxyl groups is 1. The molecule has 1 aromatic heterocycles. The Morgan fingerprint density at radius 2 is 1.90 bits per heavy atom. The summed E-state index contributed by atoms with van der Waals surface area (Å²) in [6.45, 7) is 9.07. The molecule has 1 N–H and O–H groups in total. The van der Waals surface area contributed by atoms with E-state index in [1.165, 1.54) is 0 Å². The van der Waals surface area contributed by atoms with Crippen molar-refractivity contribution in [2.24, 2.45) is 0 Å². The van der Waals surface area contributed by atoms with Gasteiger partial charge in [-0.25, -0.2) is 0 Å². The maximum Gasteiger partial charge on any atom is 0.0935 e. The molecule has 1 heterocycles. The molecule has 0 aromatic carbocycles. The monoisotopic (exact) mass is 346 g/mol. The van der Waals surface area contributed by atoms with Crippen LogP contribution in [-0.2, 0) is 24.1 Å². The highest BCUT2D eigenvalue weighted by molar-refractivity contribution is 9.10. The minimum atomic E-state index is -0.537. The number of methoxy groups -OCH3 is 1. The number of nitrogens with zero attached hydrogens (tertiary/aromatic N) is 2. The fourth-order valence-corrected chi connectivity index (χ4v) is 3.45. The number of halogens is 1. The molecule has 0 saturated carbocycles. The lowest BCUT2D eigenvalue weighted by atomic mass is 9.87. The van der Waals surface area contributed by atoms with Crippen LogP contribution in [0.2, 0.25) is 0 Å². The van der Waals surface area contributed by atoms with E-state index in [4.69, 9.17) is 4.74 Å². The van der Waals surface area contributed by atoms with Gasteiger partial charge in [-0.1, -0.05) is 20.8 Å². The molecule has 1 atom stereocenters. The van der Waals surface area contributed by atoms with Gasteiger partial charge in [0.2, 0.25) is 0 Å². The van der Waals surface area contributed by atoms with Crippen LogP contribution in [0.1, 0.15) is 51.9 Å². The van der Waals surface area contributed by atoms with Crippen molar-refractivity contribution in [1.82, 2.24) is 9.78 Å². The second kappa shape index (κ2) is 7.57. The van der Waals surface area contributed by atoms with Gasteiger partial charge < -0.3 is 9.84 Å². The summed E-state index contributed by atoms with van der Waals surface area (Å²) in [7, 11) is 1.68. The Hall–Kier alpha value is -0.390. The normalized spacial score (nSPS) is 13.8. The number of hydrogen-bond acceptors (Lipinski definition) is 3. The van der Waals surface area contributed by atoms with E-state index in [0.29, 0.717) is 6.42 Å². The molecule has 0 spiro atoms. The average molecular weight is 347 g/mol. The van der Waals surface area contributed by atoms with Gasteiger partial charge in [0.1, 0.15) is 0 Å². The van der Waals surface area contributed by atoms with Crippen molar-refractivity contribution in [1.29, 1.82) is 0 Å². The van der Waals surface area contributed by atoms with Crippen molar-refractivity contribution in [2.75, 3.05) is 7.11 Å². The van der Waals surface area contributed by atoms with Crippen LogP contribution < -0.4 is 0 Å². The molecule has 4 nitrogen and oxygen atoms in total. The Balaban J connectivity index is 3.06. The highest BCUT2D eigenvalue weighted by atomic mass is 79.9. The Bertz CT molecular complexity index is 419. The van der Waals surface area contributed by atoms with Gasteiger partial charge in [0.05, 0.1) is 27.6 Å². The van der Waals surface area contributed by atoms with Gasteiger partial charge in [-0.3, -0.25) is 4.68 Å². The van der Waals surface area contributed by atoms with Crippen LogP contribution in [0.15, 0.2) is 4.47 Å². The maximum absolute atomic E-state index is 10.7. The summed E-state index contributed by atoms with van der Waals surface area (Å²) in [5.41, 5.74) is 1.62. The number of aromatic nitrogens is 2. The molecule has 1 rings (SSSR count). The van der Waals surface area contributed by atoms with Crippen LogP contribution in [0.4, 0.5) is 0 Å². The summed E-state index contributed by atoms with van der Waals surface area (Å²) in [5, 5.41) is 15.2. The van der Waals surface area contributed by atoms with E-state index >= 15 is 0 Å². The lowest BCUT2D eigenvalue weighted by molar-refractivity contribution is -0.107. The van der Waals surface area contributed by atoms with Crippen molar-refractivity contribution in [3.05, 3.63) is 15.9 Å². The van der Waals surface area contributed by atoms with Gasteiger partial charge in [-0.05, 0) is 42.1 Å². The molecule has 1 unspecified atom stereocenters. The topological polar surface area (TPSA) is 47.3 Å². The Morgan fingerprint density at radius 3 is 2.30 bits per heavy atom. The third-order valence-corrected chi connectivity index (χ3v) is 5.21. The quantitative estimate of drug-likeness (QED) is 0.785. The van der Waals surface area contributed by atoms with E-state index in [2.05, 4.69) is 48.7 Å². The summed E-state index contributed by atoms with van der Waals surface area (Å²) in [5.74, 6) is 0. The maximum atomic E-state index is 10.7. The predicted octanol–water partition coefficient (Wildman–Crippen LogP) is 3.34. The fraction of sp³-hybridized carbons (Fsp3) is 0.800. The van der Waals surface area contributed by atoms with Crippen molar-refractivity contribution in [3.8, 4) is 0 Å². The van der Waals surface area contributed by atoms with E-state index in [-0.39, 0.29) is 0 Å². The smallest absolute Gasteiger partial charge is 0.0935 e. The third kappa shape index (κ3) is 3.26. The largest absolute Gasteiger partial charge is 0.390 e. The van der Waals surface area contributed by atoms with Gasteiger partial charge in [-0.15, -0.1) is 0 Å². The molecule has 0 amide bonds. The van der Waals surface area contributed by atoms with Crippen LogP contribution in [0.5, 0.6) is 0 Å². The lowest BCUT2D eigenvalue weighted by Gasteiger charge is -2.35. The van der Waals surface area contributed by atoms with Crippen molar-refractivity contribution < 1.29 is 9.84 Å². The zero-order chi connectivity index (χ0) is 15.3. The minimum absolute atomic E-state index is 0.478. The molecule has 116 valence electrons. The Kier molecular flexibility index (Phi) is 6.69. The molecule has 1 aromatic rings. The number of ether oxygens (including phenoxy) is 1. The highest BCUT2D eigenvalue weighted by Gasteiger charge is 2.35. The first kappa shape index (κ1) is 17.7. The van der Waals surface area contributed by atoms with Crippen LogP contribution in [0.3, 0.4) is 0 Å². The first-order valence-electron chi connectivity index (χ1n) is 7.46. The second-order valence-electron chi connectivity index (χ2n) is 5.07. The Labute approximate surface area is 130 Å². The van der Waals surface area contributed by atoms with Gasteiger partial charge in [0, 0.05) is 20.1 Å². The zero-order valence-electron chi connectivity index (χ0n) is 13.2. The van der Waals surface area contributed by atoms with Crippen molar-refractivity contribution >= 4 is 15.9 Å². The van der Waals surface area contributed by atoms with Crippen molar-refractivity contribution in [2.45, 2.75) is 71.6 Å². The molecule has 0 aliphatic rings. The van der Waals surface area contributed by atoms with Crippen LogP contribution in [0.25, 0.3) is 0 Å². The van der Waals surface area contributed by atoms with Gasteiger partial charge >= 0.3 is 0 Å². The second-order valence-corrected chi connectivity index (χ2v) is 5.87. The van der Waals surface area contributed by atoms with E-state index in [0.717, 1.165) is 41.7 Å². The van der Waals surface area contributed by atoms with Gasteiger partial charge in [-0.2, -0.15) is 5.10 Å². The van der Waals surface area contributed by atoms with Gasteiger partial charge in [0.15, 0.2) is 0 Å². The number of aliphatic hydroxyl groups excluding tert-OH is 1. The van der Waals surface area contributed by atoms with Crippen LogP contribution >= 0.6 is 15.9 Å². The van der Waals surface area contributed by atoms with Gasteiger partial charge in [0.25, 0.3) is 0 Å². The van der Waals surface area contributed by atoms with E-state index in [1.807, 2.05) is 4.68 Å². The van der Waals surface area contributed by atoms with Crippen molar-refractivity contribution in [3.63, 3.8) is 0 Å². The van der Waals surface area contributed by atoms with E-state index in [9.17, 15) is 5.11 Å². The molecule has 0 aliphatic carbocycles. The van der Waals surface area contributed by atoms with E-state index in [1.54, 1.807) is 7.11 Å². The van der Waals surface area contributed by atoms with E-state index < -0.39 is 11.7 Å². The van der Waals surface area contributed by atoms with Crippen LogP contribution in [0, 0.1) is 0 Å². The SMILES string of the molecule is CCc1nn(CC)c(CC(O)C(CC)(CC)OC)c1Br. The third-order valence-electron chi connectivity index (χ3n) is 4.29. The summed E-state index contributed by atoms with van der Waals surface area (Å²) in [4.78, 5) is 0. The summed E-state index contributed by atoms with van der Waals surface area (Å²) in [6.07, 6.45) is 2.48. The first-order chi connectivity index (χ1) is 9.49. The lowest BCUT2D eigenvalue weighted by Crippen LogP contribution is -2.44. The molecular weight excluding hydrogens is 320 g/mol. The average Bonchev–Trinajstić information content (AvgIpc) is 2.78. The summed E-state index contributed by atoms with van der Waals surface area (Å²) < 4.78 is 8.62. The number of aryl methyl sites for hydroxylation is 2. The molecule has 0 radical (unpaired) electrons. The molecule has 0 aliphatic heterocycles. The standard InChI is InChI=1S/C15H27BrN2O2/c1-6-11-14(16)12(18(9-4)17-11)10-13(19)15(7-2,8-3)20-5/h13,19H,6-10H2,1-5H3. The Morgan fingerprint density at radius 1 is 1.30 bits per heavy atom. The number of hydrogen-bond donors (Lipinski definition) is 1. The molecular formula is C15H27BrN2O2. The molecule has 20 heavy (non-hydrogen) atoms. The summed E-state index contributed by atoms with van der Waals surface area (Å²) >= 11 is 3.63. The van der Waals surface area contributed by atoms with Crippen LogP contribution in [-0.4, -0.2) is 33.7 Å². The highest BCUT2D eigenvalue weighted by Crippen LogP contribution is 2.30. The molecule has 0 bridgehead atoms. The summed E-state index contributed by atoms with van der Waals surface area (Å²) in [6, 6.07) is 0. The first-order valence-corrected chi connectivity index (χ1v) is 8.26. The molecule has 5 heteroatoms. The molecule has 0 fully saturated rings.